The van der Waals surface area contributed by atoms with Gasteiger partial charge in [0.25, 0.3) is 5.91 Å². The number of piperidine rings is 1. The molecule has 3 aromatic heterocycles. The zero-order valence-electron chi connectivity index (χ0n) is 18.1. The summed E-state index contributed by atoms with van der Waals surface area (Å²) in [5.41, 5.74) is 14.4. The lowest BCUT2D eigenvalue weighted by molar-refractivity contribution is 0.102. The number of hydrogen-bond acceptors (Lipinski definition) is 7. The van der Waals surface area contributed by atoms with Gasteiger partial charge in [-0.3, -0.25) is 14.8 Å². The highest BCUT2D eigenvalue weighted by molar-refractivity contribution is 7.23. The number of thiophene rings is 1. The first kappa shape index (κ1) is 22.2. The third-order valence-electron chi connectivity index (χ3n) is 5.88. The van der Waals surface area contributed by atoms with Gasteiger partial charge in [-0.05, 0) is 37.1 Å². The maximum Gasteiger partial charge on any atom is 0.260 e. The van der Waals surface area contributed by atoms with Crippen molar-refractivity contribution < 1.29 is 13.6 Å². The summed E-state index contributed by atoms with van der Waals surface area (Å²) in [6, 6.07) is 7.17. The molecule has 1 aliphatic rings. The fourth-order valence-corrected chi connectivity index (χ4v) is 5.26. The summed E-state index contributed by atoms with van der Waals surface area (Å²) in [6.07, 6.45) is 6.53. The number of anilines is 3. The minimum Gasteiger partial charge on any atom is -0.390 e. The number of nitrogens with one attached hydrogen (secondary N) is 1. The lowest BCUT2D eigenvalue weighted by Crippen LogP contribution is -2.43. The molecule has 0 spiro atoms. The molecule has 174 valence electrons. The highest BCUT2D eigenvalue weighted by atomic mass is 32.1. The van der Waals surface area contributed by atoms with Gasteiger partial charge < -0.3 is 21.7 Å². The Morgan fingerprint density at radius 2 is 2.00 bits per heavy atom. The van der Waals surface area contributed by atoms with E-state index in [1.165, 1.54) is 24.4 Å². The predicted octanol–water partition coefficient (Wildman–Crippen LogP) is 4.40. The van der Waals surface area contributed by atoms with E-state index in [4.69, 9.17) is 11.5 Å². The van der Waals surface area contributed by atoms with Gasteiger partial charge in [-0.25, -0.2) is 8.78 Å². The van der Waals surface area contributed by atoms with Crippen LogP contribution in [0.25, 0.3) is 21.3 Å². The molecule has 0 bridgehead atoms. The van der Waals surface area contributed by atoms with Gasteiger partial charge >= 0.3 is 0 Å². The zero-order chi connectivity index (χ0) is 23.8. The topological polar surface area (TPSA) is 110 Å². The molecular formula is C24H22F2N6OS. The molecule has 1 atom stereocenters. The van der Waals surface area contributed by atoms with Crippen LogP contribution in [-0.4, -0.2) is 35.0 Å². The van der Waals surface area contributed by atoms with Gasteiger partial charge in [-0.15, -0.1) is 11.3 Å². The van der Waals surface area contributed by atoms with Crippen LogP contribution in [0.5, 0.6) is 0 Å². The lowest BCUT2D eigenvalue weighted by atomic mass is 10.1. The van der Waals surface area contributed by atoms with Crippen LogP contribution in [0.15, 0.2) is 48.9 Å². The number of carbonyl (C=O) groups is 1. The quantitative estimate of drug-likeness (QED) is 0.399. The van der Waals surface area contributed by atoms with Crippen molar-refractivity contribution in [2.24, 2.45) is 5.73 Å². The van der Waals surface area contributed by atoms with Crippen LogP contribution in [0, 0.1) is 11.6 Å². The highest BCUT2D eigenvalue weighted by Gasteiger charge is 2.24. The number of nitrogen functional groups attached to an aromatic ring is 1. The van der Waals surface area contributed by atoms with Gasteiger partial charge in [0.1, 0.15) is 22.2 Å². The monoisotopic (exact) mass is 480 g/mol. The first-order valence-electron chi connectivity index (χ1n) is 10.8. The van der Waals surface area contributed by atoms with Crippen LogP contribution in [0.2, 0.25) is 0 Å². The van der Waals surface area contributed by atoms with E-state index in [9.17, 15) is 13.6 Å². The number of carbonyl (C=O) groups excluding carboxylic acids is 1. The molecule has 4 aromatic rings. The number of rotatable bonds is 4. The van der Waals surface area contributed by atoms with E-state index < -0.39 is 17.5 Å². The summed E-state index contributed by atoms with van der Waals surface area (Å²) in [7, 11) is 0. The number of halogens is 2. The van der Waals surface area contributed by atoms with Crippen molar-refractivity contribution in [2.45, 2.75) is 18.9 Å². The normalized spacial score (nSPS) is 16.1. The maximum atomic E-state index is 14.2. The molecule has 1 saturated heterocycles. The van der Waals surface area contributed by atoms with Gasteiger partial charge in [0, 0.05) is 37.1 Å². The van der Waals surface area contributed by atoms with E-state index >= 15 is 0 Å². The van der Waals surface area contributed by atoms with Crippen molar-refractivity contribution in [2.75, 3.05) is 29.0 Å². The van der Waals surface area contributed by atoms with Crippen LogP contribution in [0.3, 0.4) is 0 Å². The fourth-order valence-electron chi connectivity index (χ4n) is 4.30. The second-order valence-electron chi connectivity index (χ2n) is 8.20. The lowest BCUT2D eigenvalue weighted by Gasteiger charge is -2.33. The largest absolute Gasteiger partial charge is 0.390 e. The van der Waals surface area contributed by atoms with Crippen LogP contribution < -0.4 is 21.7 Å². The van der Waals surface area contributed by atoms with Gasteiger partial charge in [-0.1, -0.05) is 6.07 Å². The Balaban J connectivity index is 1.48. The van der Waals surface area contributed by atoms with E-state index in [0.717, 1.165) is 36.4 Å². The molecule has 0 aliphatic carbocycles. The van der Waals surface area contributed by atoms with Gasteiger partial charge in [-0.2, -0.15) is 0 Å². The number of hydrogen-bond donors (Lipinski definition) is 3. The molecule has 0 radical (unpaired) electrons. The Morgan fingerprint density at radius 3 is 2.76 bits per heavy atom. The number of fused-ring (bicyclic) bond motifs is 1. The number of benzene rings is 1. The van der Waals surface area contributed by atoms with Crippen LogP contribution in [-0.2, 0) is 0 Å². The number of amides is 1. The molecule has 1 amide bonds. The molecule has 4 heterocycles. The second-order valence-corrected chi connectivity index (χ2v) is 9.29. The van der Waals surface area contributed by atoms with Crippen LogP contribution >= 0.6 is 11.3 Å². The Kier molecular flexibility index (Phi) is 5.84. The van der Waals surface area contributed by atoms with Crippen molar-refractivity contribution >= 4 is 43.8 Å². The number of aromatic nitrogens is 2. The third kappa shape index (κ3) is 4.06. The maximum absolute atomic E-state index is 14.2. The van der Waals surface area contributed by atoms with Crippen molar-refractivity contribution in [3.8, 4) is 11.1 Å². The number of nitrogens with two attached hydrogens (primary N) is 2. The second kappa shape index (κ2) is 8.96. The van der Waals surface area contributed by atoms with E-state index in [-0.39, 0.29) is 27.7 Å². The SMILES string of the molecule is Nc1sc2cc(-c3c(F)cccc3F)cnc2c1C(=O)Nc1cnccc1N1CCC[C@H](N)C1. The standard InChI is InChI=1S/C24H22F2N6OS/c25-15-4-1-5-16(26)20(15)13-9-19-22(30-10-13)21(23(28)34-19)24(33)31-17-11-29-7-6-18(17)32-8-2-3-14(27)12-32/h1,4-7,9-11,14H,2-3,8,12,27-28H2,(H,31,33)/t14-/m0/s1. The molecule has 10 heteroatoms. The average Bonchev–Trinajstić information content (AvgIpc) is 3.14. The smallest absolute Gasteiger partial charge is 0.260 e. The van der Waals surface area contributed by atoms with Crippen molar-refractivity contribution in [3.63, 3.8) is 0 Å². The van der Waals surface area contributed by atoms with E-state index in [2.05, 4.69) is 20.2 Å². The minimum absolute atomic E-state index is 0.0691. The molecule has 5 rings (SSSR count). The van der Waals surface area contributed by atoms with Gasteiger partial charge in [0.05, 0.1) is 33.4 Å². The van der Waals surface area contributed by atoms with Crippen LogP contribution in [0.1, 0.15) is 23.2 Å². The average molecular weight is 481 g/mol. The van der Waals surface area contributed by atoms with Crippen molar-refractivity contribution in [3.05, 3.63) is 66.1 Å². The molecular weight excluding hydrogens is 458 g/mol. The Bertz CT molecular complexity index is 1370. The Morgan fingerprint density at radius 1 is 1.21 bits per heavy atom. The first-order chi connectivity index (χ1) is 16.4. The molecule has 34 heavy (non-hydrogen) atoms. The first-order valence-corrected chi connectivity index (χ1v) is 11.6. The Labute approximate surface area is 198 Å². The molecule has 1 fully saturated rings. The molecule has 1 aliphatic heterocycles. The molecule has 0 saturated carbocycles. The fraction of sp³-hybridized carbons (Fsp3) is 0.208. The molecule has 1 aromatic carbocycles. The zero-order valence-corrected chi connectivity index (χ0v) is 18.9. The predicted molar refractivity (Wildman–Crippen MR) is 131 cm³/mol. The number of nitrogens with zero attached hydrogens (tertiary/aromatic N) is 3. The third-order valence-corrected chi connectivity index (χ3v) is 6.83. The summed E-state index contributed by atoms with van der Waals surface area (Å²) >= 11 is 1.14. The summed E-state index contributed by atoms with van der Waals surface area (Å²) in [6.45, 7) is 1.52. The van der Waals surface area contributed by atoms with Gasteiger partial charge in [0.15, 0.2) is 0 Å². The van der Waals surface area contributed by atoms with E-state index in [0.29, 0.717) is 22.4 Å². The van der Waals surface area contributed by atoms with Crippen molar-refractivity contribution in [1.29, 1.82) is 0 Å². The molecule has 7 nitrogen and oxygen atoms in total. The van der Waals surface area contributed by atoms with Crippen LogP contribution in [0.4, 0.5) is 25.2 Å². The molecule has 5 N–H and O–H groups in total. The summed E-state index contributed by atoms with van der Waals surface area (Å²) in [5, 5.41) is 3.17. The number of pyridine rings is 2. The summed E-state index contributed by atoms with van der Waals surface area (Å²) < 4.78 is 29.0. The summed E-state index contributed by atoms with van der Waals surface area (Å²) in [5.74, 6) is -1.81. The minimum atomic E-state index is -0.690. The van der Waals surface area contributed by atoms with Crippen molar-refractivity contribution in [1.82, 2.24) is 9.97 Å². The van der Waals surface area contributed by atoms with E-state index in [1.807, 2.05) is 6.07 Å². The highest BCUT2D eigenvalue weighted by Crippen LogP contribution is 2.37. The Hall–Kier alpha value is -3.63. The summed E-state index contributed by atoms with van der Waals surface area (Å²) in [4.78, 5) is 23.9. The van der Waals surface area contributed by atoms with Gasteiger partial charge in [0.2, 0.25) is 0 Å². The molecule has 0 unspecified atom stereocenters. The van der Waals surface area contributed by atoms with E-state index in [1.54, 1.807) is 18.5 Å².